The lowest BCUT2D eigenvalue weighted by Gasteiger charge is -2.23. The first-order valence-corrected chi connectivity index (χ1v) is 7.33. The molecule has 1 aromatic rings. The molecule has 1 saturated heterocycles. The van der Waals surface area contributed by atoms with E-state index in [1.807, 2.05) is 0 Å². The third-order valence-corrected chi connectivity index (χ3v) is 3.28. The lowest BCUT2D eigenvalue weighted by Crippen LogP contribution is -2.44. The van der Waals surface area contributed by atoms with Gasteiger partial charge in [-0.1, -0.05) is 6.07 Å². The van der Waals surface area contributed by atoms with Gasteiger partial charge in [-0.05, 0) is 18.2 Å². The zero-order chi connectivity index (χ0) is 16.7. The van der Waals surface area contributed by atoms with Gasteiger partial charge in [0.05, 0.1) is 25.3 Å². The maximum absolute atomic E-state index is 12.6. The number of hydrogen-bond acceptors (Lipinski definition) is 4. The average molecular weight is 332 g/mol. The van der Waals surface area contributed by atoms with Crippen molar-refractivity contribution in [2.75, 3.05) is 32.9 Å². The number of nitrogens with one attached hydrogen (secondary N) is 2. The molecule has 0 saturated carbocycles. The number of ether oxygens (including phenoxy) is 2. The Balaban J connectivity index is 1.68. The topological polar surface area (TPSA) is 59.6 Å². The maximum Gasteiger partial charge on any atom is 0.416 e. The number of halogens is 3. The second-order valence-corrected chi connectivity index (χ2v) is 5.15. The Labute approximate surface area is 132 Å². The van der Waals surface area contributed by atoms with Crippen LogP contribution >= 0.6 is 0 Å². The summed E-state index contributed by atoms with van der Waals surface area (Å²) < 4.78 is 48.1. The van der Waals surface area contributed by atoms with E-state index in [9.17, 15) is 18.0 Å². The smallest absolute Gasteiger partial charge is 0.416 e. The molecule has 8 heteroatoms. The third-order valence-electron chi connectivity index (χ3n) is 3.28. The highest BCUT2D eigenvalue weighted by atomic mass is 19.4. The molecule has 2 N–H and O–H groups in total. The monoisotopic (exact) mass is 332 g/mol. The minimum absolute atomic E-state index is 0.00636. The molecule has 1 aromatic carbocycles. The molecule has 1 amide bonds. The summed E-state index contributed by atoms with van der Waals surface area (Å²) >= 11 is 0. The largest absolute Gasteiger partial charge is 0.492 e. The van der Waals surface area contributed by atoms with E-state index in [2.05, 4.69) is 10.6 Å². The van der Waals surface area contributed by atoms with Crippen LogP contribution in [0.5, 0.6) is 5.75 Å². The molecule has 1 aliphatic rings. The van der Waals surface area contributed by atoms with Crippen LogP contribution in [-0.4, -0.2) is 44.9 Å². The Bertz CT molecular complexity index is 517. The fourth-order valence-corrected chi connectivity index (χ4v) is 2.17. The predicted octanol–water partition coefficient (Wildman–Crippen LogP) is 1.58. The van der Waals surface area contributed by atoms with Crippen molar-refractivity contribution in [3.63, 3.8) is 0 Å². The molecule has 1 heterocycles. The highest BCUT2D eigenvalue weighted by Crippen LogP contribution is 2.31. The van der Waals surface area contributed by atoms with Gasteiger partial charge in [0.2, 0.25) is 5.91 Å². The Morgan fingerprint density at radius 3 is 2.96 bits per heavy atom. The number of alkyl halides is 3. The number of carbonyl (C=O) groups is 1. The van der Waals surface area contributed by atoms with Crippen molar-refractivity contribution in [3.05, 3.63) is 29.8 Å². The molecule has 5 nitrogen and oxygen atoms in total. The molecule has 0 spiro atoms. The highest BCUT2D eigenvalue weighted by molar-refractivity contribution is 5.76. The summed E-state index contributed by atoms with van der Waals surface area (Å²) in [4.78, 5) is 11.7. The quantitative estimate of drug-likeness (QED) is 0.777. The van der Waals surface area contributed by atoms with Crippen LogP contribution in [-0.2, 0) is 15.7 Å². The molecule has 1 fully saturated rings. The van der Waals surface area contributed by atoms with E-state index >= 15 is 0 Å². The van der Waals surface area contributed by atoms with Gasteiger partial charge < -0.3 is 20.1 Å². The minimum Gasteiger partial charge on any atom is -0.492 e. The first-order chi connectivity index (χ1) is 10.9. The third kappa shape index (κ3) is 6.07. The molecule has 2 rings (SSSR count). The van der Waals surface area contributed by atoms with E-state index in [1.54, 1.807) is 0 Å². The van der Waals surface area contributed by atoms with Crippen LogP contribution in [0.4, 0.5) is 13.2 Å². The van der Waals surface area contributed by atoms with Crippen molar-refractivity contribution < 1.29 is 27.4 Å². The van der Waals surface area contributed by atoms with Crippen LogP contribution in [0.2, 0.25) is 0 Å². The lowest BCUT2D eigenvalue weighted by atomic mass is 10.2. The fourth-order valence-electron chi connectivity index (χ4n) is 2.17. The van der Waals surface area contributed by atoms with E-state index < -0.39 is 11.7 Å². The number of carbonyl (C=O) groups excluding carboxylic acids is 1. The Morgan fingerprint density at radius 2 is 2.26 bits per heavy atom. The number of morpholine rings is 1. The summed E-state index contributed by atoms with van der Waals surface area (Å²) in [5.74, 6) is -0.0305. The molecular weight excluding hydrogens is 313 g/mol. The van der Waals surface area contributed by atoms with Gasteiger partial charge in [-0.15, -0.1) is 0 Å². The van der Waals surface area contributed by atoms with Crippen molar-refractivity contribution in [1.82, 2.24) is 10.6 Å². The lowest BCUT2D eigenvalue weighted by molar-refractivity contribution is -0.137. The van der Waals surface area contributed by atoms with Gasteiger partial charge in [-0.2, -0.15) is 13.2 Å². The van der Waals surface area contributed by atoms with Crippen molar-refractivity contribution >= 4 is 5.91 Å². The van der Waals surface area contributed by atoms with Crippen LogP contribution in [0.25, 0.3) is 0 Å². The van der Waals surface area contributed by atoms with E-state index in [4.69, 9.17) is 9.47 Å². The summed E-state index contributed by atoms with van der Waals surface area (Å²) in [6.45, 7) is 2.18. The van der Waals surface area contributed by atoms with Gasteiger partial charge in [0.15, 0.2) is 0 Å². The highest BCUT2D eigenvalue weighted by Gasteiger charge is 2.30. The number of benzene rings is 1. The van der Waals surface area contributed by atoms with Crippen molar-refractivity contribution in [2.45, 2.75) is 18.6 Å². The molecule has 0 aromatic heterocycles. The van der Waals surface area contributed by atoms with Crippen LogP contribution in [0.3, 0.4) is 0 Å². The fraction of sp³-hybridized carbons (Fsp3) is 0.533. The van der Waals surface area contributed by atoms with Crippen LogP contribution in [0.15, 0.2) is 24.3 Å². The molecule has 0 bridgehead atoms. The predicted molar refractivity (Wildman–Crippen MR) is 77.2 cm³/mol. The average Bonchev–Trinajstić information content (AvgIpc) is 2.52. The van der Waals surface area contributed by atoms with Crippen LogP contribution in [0.1, 0.15) is 12.0 Å². The Kier molecular flexibility index (Phi) is 6.23. The first kappa shape index (κ1) is 17.6. The van der Waals surface area contributed by atoms with E-state index in [0.717, 1.165) is 18.7 Å². The van der Waals surface area contributed by atoms with E-state index in [1.165, 1.54) is 12.1 Å². The summed E-state index contributed by atoms with van der Waals surface area (Å²) in [7, 11) is 0. The molecule has 23 heavy (non-hydrogen) atoms. The minimum atomic E-state index is -4.40. The van der Waals surface area contributed by atoms with Crippen molar-refractivity contribution in [3.8, 4) is 5.75 Å². The summed E-state index contributed by atoms with van der Waals surface area (Å²) in [5, 5.41) is 5.83. The van der Waals surface area contributed by atoms with Gasteiger partial charge in [0.25, 0.3) is 0 Å². The summed E-state index contributed by atoms with van der Waals surface area (Å²) in [5.41, 5.74) is -0.762. The van der Waals surface area contributed by atoms with Crippen LogP contribution < -0.4 is 15.4 Å². The Hall–Kier alpha value is -1.80. The van der Waals surface area contributed by atoms with E-state index in [0.29, 0.717) is 19.6 Å². The summed E-state index contributed by atoms with van der Waals surface area (Å²) in [6.07, 6.45) is -4.10. The molecule has 1 atom stereocenters. The van der Waals surface area contributed by atoms with Gasteiger partial charge >= 0.3 is 6.18 Å². The second-order valence-electron chi connectivity index (χ2n) is 5.15. The molecule has 128 valence electrons. The van der Waals surface area contributed by atoms with Crippen molar-refractivity contribution in [1.29, 1.82) is 0 Å². The second kappa shape index (κ2) is 8.16. The Morgan fingerprint density at radius 1 is 1.43 bits per heavy atom. The molecule has 1 unspecified atom stereocenters. The first-order valence-electron chi connectivity index (χ1n) is 7.33. The van der Waals surface area contributed by atoms with Gasteiger partial charge in [0.1, 0.15) is 12.4 Å². The molecule has 1 aliphatic heterocycles. The van der Waals surface area contributed by atoms with Gasteiger partial charge in [-0.3, -0.25) is 4.79 Å². The molecule has 0 radical (unpaired) electrons. The van der Waals surface area contributed by atoms with E-state index in [-0.39, 0.29) is 30.9 Å². The number of hydrogen-bond donors (Lipinski definition) is 2. The SMILES string of the molecule is O=C(CC1COCCN1)NCCOc1cccc(C(F)(F)F)c1. The van der Waals surface area contributed by atoms with Crippen LogP contribution in [0, 0.1) is 0 Å². The standard InChI is InChI=1S/C15H19F3N2O3/c16-15(17,18)11-2-1-3-13(8-11)23-7-5-20-14(21)9-12-10-22-6-4-19-12/h1-3,8,12,19H,4-7,9-10H2,(H,20,21). The zero-order valence-electron chi connectivity index (χ0n) is 12.5. The van der Waals surface area contributed by atoms with Gasteiger partial charge in [0, 0.05) is 19.0 Å². The molecule has 0 aliphatic carbocycles. The normalized spacial score (nSPS) is 18.5. The molecular formula is C15H19F3N2O3. The number of rotatable bonds is 6. The maximum atomic E-state index is 12.6. The van der Waals surface area contributed by atoms with Crippen molar-refractivity contribution in [2.24, 2.45) is 0 Å². The summed E-state index contributed by atoms with van der Waals surface area (Å²) in [6, 6.07) is 4.64. The number of amides is 1. The van der Waals surface area contributed by atoms with Gasteiger partial charge in [-0.25, -0.2) is 0 Å². The zero-order valence-corrected chi connectivity index (χ0v) is 12.5.